The summed E-state index contributed by atoms with van der Waals surface area (Å²) in [7, 11) is 0. The lowest BCUT2D eigenvalue weighted by molar-refractivity contribution is 0.0902. The number of nitrogens with zero attached hydrogens (tertiary/aromatic N) is 5. The molecule has 2 aromatic carbocycles. The number of aromatic nitrogens is 4. The second-order valence-corrected chi connectivity index (χ2v) is 8.60. The van der Waals surface area contributed by atoms with Gasteiger partial charge in [-0.2, -0.15) is 0 Å². The Kier molecular flexibility index (Phi) is 6.13. The highest BCUT2D eigenvalue weighted by molar-refractivity contribution is 5.94. The summed E-state index contributed by atoms with van der Waals surface area (Å²) >= 11 is 0. The maximum Gasteiger partial charge on any atom is 0.273 e. The van der Waals surface area contributed by atoms with Crippen molar-refractivity contribution in [1.82, 2.24) is 30.2 Å². The van der Waals surface area contributed by atoms with Gasteiger partial charge in [0, 0.05) is 30.7 Å². The number of nitrogens with one attached hydrogen (secondary N) is 1. The number of amides is 1. The third-order valence-corrected chi connectivity index (χ3v) is 6.44. The van der Waals surface area contributed by atoms with Gasteiger partial charge in [-0.15, -0.1) is 5.10 Å². The van der Waals surface area contributed by atoms with Gasteiger partial charge in [-0.25, -0.2) is 4.68 Å². The summed E-state index contributed by atoms with van der Waals surface area (Å²) in [5.41, 5.74) is 4.13. The van der Waals surface area contributed by atoms with Crippen LogP contribution in [0.15, 0.2) is 66.9 Å². The minimum absolute atomic E-state index is 0.178. The number of rotatable bonds is 6. The van der Waals surface area contributed by atoms with E-state index in [4.69, 9.17) is 0 Å². The molecule has 0 radical (unpaired) electrons. The molecule has 168 valence electrons. The molecule has 7 heteroatoms. The van der Waals surface area contributed by atoms with Gasteiger partial charge in [0.2, 0.25) is 0 Å². The number of hydrogen-bond donors (Lipinski definition) is 1. The van der Waals surface area contributed by atoms with Crippen molar-refractivity contribution in [2.45, 2.75) is 38.8 Å². The van der Waals surface area contributed by atoms with Gasteiger partial charge in [0.05, 0.1) is 16.9 Å². The number of hydrogen-bond acceptors (Lipinski definition) is 5. The van der Waals surface area contributed by atoms with Gasteiger partial charge in [0.15, 0.2) is 5.69 Å². The van der Waals surface area contributed by atoms with Crippen LogP contribution in [-0.4, -0.2) is 49.9 Å². The summed E-state index contributed by atoms with van der Waals surface area (Å²) in [6.45, 7) is 4.45. The van der Waals surface area contributed by atoms with E-state index in [0.29, 0.717) is 24.0 Å². The maximum absolute atomic E-state index is 13.0. The van der Waals surface area contributed by atoms with Crippen LogP contribution < -0.4 is 5.32 Å². The molecule has 2 aromatic heterocycles. The highest BCUT2D eigenvalue weighted by atomic mass is 16.2. The average Bonchev–Trinajstić information content (AvgIpc) is 3.24. The van der Waals surface area contributed by atoms with Gasteiger partial charge >= 0.3 is 0 Å². The van der Waals surface area contributed by atoms with Crippen LogP contribution in [0.1, 0.15) is 41.0 Å². The molecule has 7 nitrogen and oxygen atoms in total. The molecule has 0 spiro atoms. The van der Waals surface area contributed by atoms with E-state index in [1.54, 1.807) is 10.9 Å². The predicted molar refractivity (Wildman–Crippen MR) is 128 cm³/mol. The third-order valence-electron chi connectivity index (χ3n) is 6.44. The summed E-state index contributed by atoms with van der Waals surface area (Å²) < 4.78 is 1.72. The van der Waals surface area contributed by atoms with Crippen LogP contribution in [0.5, 0.6) is 0 Å². The topological polar surface area (TPSA) is 75.9 Å². The number of carbonyl (C=O) groups is 1. The molecule has 33 heavy (non-hydrogen) atoms. The highest BCUT2D eigenvalue weighted by Crippen LogP contribution is 2.22. The zero-order valence-electron chi connectivity index (χ0n) is 18.8. The molecule has 1 amide bonds. The summed E-state index contributed by atoms with van der Waals surface area (Å²) in [5, 5.41) is 12.6. The van der Waals surface area contributed by atoms with Crippen LogP contribution in [0, 0.1) is 6.92 Å². The van der Waals surface area contributed by atoms with E-state index in [1.165, 1.54) is 18.4 Å². The first-order valence-electron chi connectivity index (χ1n) is 11.5. The smallest absolute Gasteiger partial charge is 0.273 e. The Morgan fingerprint density at radius 2 is 1.94 bits per heavy atom. The van der Waals surface area contributed by atoms with E-state index in [0.717, 1.165) is 36.1 Å². The lowest BCUT2D eigenvalue weighted by atomic mass is 10.0. The summed E-state index contributed by atoms with van der Waals surface area (Å²) in [6, 6.07) is 20.6. The fraction of sp³-hybridized carbons (Fsp3) is 0.308. The quantitative estimate of drug-likeness (QED) is 0.492. The maximum atomic E-state index is 13.0. The number of carbonyl (C=O) groups excluding carboxylic acids is 1. The van der Waals surface area contributed by atoms with Crippen molar-refractivity contribution in [2.75, 3.05) is 13.1 Å². The molecule has 1 aliphatic heterocycles. The average molecular weight is 441 g/mol. The fourth-order valence-corrected chi connectivity index (χ4v) is 4.65. The van der Waals surface area contributed by atoms with Crippen molar-refractivity contribution in [3.8, 4) is 5.69 Å². The van der Waals surface area contributed by atoms with E-state index in [-0.39, 0.29) is 5.91 Å². The molecule has 1 fully saturated rings. The number of piperidine rings is 1. The normalized spacial score (nSPS) is 16.7. The molecular weight excluding hydrogens is 412 g/mol. The Morgan fingerprint density at radius 1 is 1.06 bits per heavy atom. The largest absolute Gasteiger partial charge is 0.349 e. The molecule has 1 N–H and O–H groups in total. The number of fused-ring (bicyclic) bond motifs is 1. The summed E-state index contributed by atoms with van der Waals surface area (Å²) in [6.07, 6.45) is 5.24. The lowest BCUT2D eigenvalue weighted by Crippen LogP contribution is -2.46. The molecule has 3 heterocycles. The van der Waals surface area contributed by atoms with Gasteiger partial charge in [-0.3, -0.25) is 14.7 Å². The first-order valence-corrected chi connectivity index (χ1v) is 11.5. The zero-order valence-corrected chi connectivity index (χ0v) is 18.8. The Hall–Kier alpha value is -3.58. The monoisotopic (exact) mass is 440 g/mol. The van der Waals surface area contributed by atoms with Crippen LogP contribution in [0.3, 0.4) is 0 Å². The van der Waals surface area contributed by atoms with Crippen molar-refractivity contribution >= 4 is 16.8 Å². The molecule has 1 saturated heterocycles. The predicted octanol–water partition coefficient (Wildman–Crippen LogP) is 3.91. The van der Waals surface area contributed by atoms with Crippen molar-refractivity contribution in [1.29, 1.82) is 0 Å². The Labute approximate surface area is 193 Å². The molecule has 4 aromatic rings. The van der Waals surface area contributed by atoms with Crippen LogP contribution in [-0.2, 0) is 6.54 Å². The van der Waals surface area contributed by atoms with E-state index >= 15 is 0 Å². The molecule has 0 aliphatic carbocycles. The standard InChI is InChI=1S/C26H28N6O/c1-19-25(29-30-32(19)24-14-7-13-23-22(24)12-8-15-27-23)26(33)28-17-21-11-5-6-16-31(21)18-20-9-3-2-4-10-20/h2-4,7-10,12-15,21H,5-6,11,16-18H2,1H3,(H,28,33). The molecule has 1 atom stereocenters. The molecule has 0 saturated carbocycles. The minimum Gasteiger partial charge on any atom is -0.349 e. The first-order chi connectivity index (χ1) is 16.2. The van der Waals surface area contributed by atoms with E-state index in [9.17, 15) is 4.79 Å². The third kappa shape index (κ3) is 4.50. The first kappa shape index (κ1) is 21.3. The second-order valence-electron chi connectivity index (χ2n) is 8.60. The van der Waals surface area contributed by atoms with E-state index < -0.39 is 0 Å². The Morgan fingerprint density at radius 3 is 2.82 bits per heavy atom. The molecular formula is C26H28N6O. The van der Waals surface area contributed by atoms with Crippen LogP contribution in [0.4, 0.5) is 0 Å². The second kappa shape index (κ2) is 9.50. The number of benzene rings is 2. The highest BCUT2D eigenvalue weighted by Gasteiger charge is 2.24. The number of pyridine rings is 1. The fourth-order valence-electron chi connectivity index (χ4n) is 4.65. The SMILES string of the molecule is Cc1c(C(=O)NCC2CCCCN2Cc2ccccc2)nnn1-c1cccc2ncccc12. The van der Waals surface area contributed by atoms with Gasteiger partial charge in [0.1, 0.15) is 0 Å². The van der Waals surface area contributed by atoms with Crippen molar-refractivity contribution < 1.29 is 4.79 Å². The Bertz CT molecular complexity index is 1250. The van der Waals surface area contributed by atoms with E-state index in [1.807, 2.05) is 43.3 Å². The van der Waals surface area contributed by atoms with Gasteiger partial charge in [0.25, 0.3) is 5.91 Å². The minimum atomic E-state index is -0.178. The van der Waals surface area contributed by atoms with E-state index in [2.05, 4.69) is 49.8 Å². The number of likely N-dealkylation sites (tertiary alicyclic amines) is 1. The Balaban J connectivity index is 1.30. The molecule has 5 rings (SSSR count). The van der Waals surface area contributed by atoms with Crippen LogP contribution in [0.25, 0.3) is 16.6 Å². The van der Waals surface area contributed by atoms with Crippen molar-refractivity contribution in [3.63, 3.8) is 0 Å². The van der Waals surface area contributed by atoms with Crippen LogP contribution >= 0.6 is 0 Å². The van der Waals surface area contributed by atoms with Gasteiger partial charge in [-0.1, -0.05) is 48.0 Å². The van der Waals surface area contributed by atoms with Gasteiger partial charge < -0.3 is 5.32 Å². The molecule has 1 unspecified atom stereocenters. The van der Waals surface area contributed by atoms with Crippen molar-refractivity contribution in [3.05, 3.63) is 83.8 Å². The zero-order chi connectivity index (χ0) is 22.6. The van der Waals surface area contributed by atoms with Gasteiger partial charge in [-0.05, 0) is 56.1 Å². The van der Waals surface area contributed by atoms with Crippen LogP contribution in [0.2, 0.25) is 0 Å². The summed E-state index contributed by atoms with van der Waals surface area (Å²) in [5.74, 6) is -0.178. The van der Waals surface area contributed by atoms with Crippen molar-refractivity contribution in [2.24, 2.45) is 0 Å². The molecule has 1 aliphatic rings. The lowest BCUT2D eigenvalue weighted by Gasteiger charge is -2.35. The summed E-state index contributed by atoms with van der Waals surface area (Å²) in [4.78, 5) is 19.9. The molecule has 0 bridgehead atoms.